The molecule has 0 saturated heterocycles. The number of para-hydroxylation sites is 1. The van der Waals surface area contributed by atoms with Crippen LogP contribution in [0, 0.1) is 5.92 Å². The van der Waals surface area contributed by atoms with E-state index in [1.807, 2.05) is 38.1 Å². The fourth-order valence-electron chi connectivity index (χ4n) is 3.00. The fraction of sp³-hybridized carbons (Fsp3) is 0.409. The predicted octanol–water partition coefficient (Wildman–Crippen LogP) is 4.71. The molecule has 0 fully saturated rings. The molecule has 1 unspecified atom stereocenters. The third-order valence-corrected chi connectivity index (χ3v) is 4.13. The lowest BCUT2D eigenvalue weighted by Crippen LogP contribution is -2.47. The van der Waals surface area contributed by atoms with Gasteiger partial charge in [0.25, 0.3) is 0 Å². The van der Waals surface area contributed by atoms with Crippen molar-refractivity contribution in [3.8, 4) is 0 Å². The molecule has 0 aliphatic heterocycles. The van der Waals surface area contributed by atoms with Gasteiger partial charge in [0.15, 0.2) is 0 Å². The van der Waals surface area contributed by atoms with Crippen LogP contribution in [0.5, 0.6) is 0 Å². The minimum atomic E-state index is -0.298. The molecule has 0 heterocycles. The van der Waals surface area contributed by atoms with Crippen LogP contribution in [0.25, 0.3) is 0 Å². The molecule has 0 spiro atoms. The quantitative estimate of drug-likeness (QED) is 0.652. The Morgan fingerprint density at radius 2 is 1.48 bits per heavy atom. The zero-order valence-electron chi connectivity index (χ0n) is 15.7. The Morgan fingerprint density at radius 1 is 0.920 bits per heavy atom. The van der Waals surface area contributed by atoms with E-state index in [9.17, 15) is 4.79 Å². The minimum Gasteiger partial charge on any atom is -0.461 e. The molecule has 134 valence electrons. The van der Waals surface area contributed by atoms with Crippen LogP contribution in [0.3, 0.4) is 0 Å². The molecule has 0 aromatic heterocycles. The molecule has 3 heteroatoms. The summed E-state index contributed by atoms with van der Waals surface area (Å²) >= 11 is 0. The number of esters is 1. The van der Waals surface area contributed by atoms with Crippen LogP contribution in [0.4, 0.5) is 5.69 Å². The van der Waals surface area contributed by atoms with Crippen molar-refractivity contribution >= 4 is 11.7 Å². The second-order valence-corrected chi connectivity index (χ2v) is 6.94. The molecule has 3 nitrogen and oxygen atoms in total. The zero-order chi connectivity index (χ0) is 18.2. The van der Waals surface area contributed by atoms with Crippen molar-refractivity contribution in [2.24, 2.45) is 5.92 Å². The summed E-state index contributed by atoms with van der Waals surface area (Å²) in [7, 11) is 0. The second kappa shape index (κ2) is 9.26. The highest BCUT2D eigenvalue weighted by molar-refractivity contribution is 5.80. The molecule has 0 N–H and O–H groups in total. The van der Waals surface area contributed by atoms with Gasteiger partial charge in [-0.25, -0.2) is 4.79 Å². The monoisotopic (exact) mass is 339 g/mol. The van der Waals surface area contributed by atoms with Gasteiger partial charge >= 0.3 is 5.97 Å². The molecule has 0 aliphatic rings. The number of anilines is 1. The van der Waals surface area contributed by atoms with Gasteiger partial charge in [-0.15, -0.1) is 0 Å². The molecular formula is C22H29NO2. The van der Waals surface area contributed by atoms with Gasteiger partial charge < -0.3 is 9.64 Å². The van der Waals surface area contributed by atoms with E-state index < -0.39 is 0 Å². The lowest BCUT2D eigenvalue weighted by Gasteiger charge is -2.35. The first kappa shape index (κ1) is 19.0. The summed E-state index contributed by atoms with van der Waals surface area (Å²) in [5.41, 5.74) is 2.32. The summed E-state index contributed by atoms with van der Waals surface area (Å²) in [4.78, 5) is 14.9. The molecule has 0 saturated carbocycles. The van der Waals surface area contributed by atoms with Crippen LogP contribution >= 0.6 is 0 Å². The largest absolute Gasteiger partial charge is 0.461 e. The average molecular weight is 339 g/mol. The number of carbonyl (C=O) groups is 1. The molecule has 0 amide bonds. The van der Waals surface area contributed by atoms with E-state index in [1.165, 1.54) is 5.56 Å². The smallest absolute Gasteiger partial charge is 0.329 e. The highest BCUT2D eigenvalue weighted by Gasteiger charge is 2.31. The second-order valence-electron chi connectivity index (χ2n) is 6.94. The first-order valence-electron chi connectivity index (χ1n) is 9.05. The molecule has 0 radical (unpaired) electrons. The first-order valence-corrected chi connectivity index (χ1v) is 9.05. The van der Waals surface area contributed by atoms with Crippen molar-refractivity contribution in [1.82, 2.24) is 0 Å². The molecule has 25 heavy (non-hydrogen) atoms. The molecule has 2 aromatic rings. The number of hydrogen-bond donors (Lipinski definition) is 0. The Bertz CT molecular complexity index is 638. The number of nitrogens with zero attached hydrogens (tertiary/aromatic N) is 1. The van der Waals surface area contributed by atoms with Gasteiger partial charge in [-0.2, -0.15) is 0 Å². The maximum Gasteiger partial charge on any atom is 0.329 e. The van der Waals surface area contributed by atoms with Crippen LogP contribution < -0.4 is 4.90 Å². The molecule has 0 bridgehead atoms. The standard InChI is InChI=1S/C22H29NO2/c1-17(2)21(22(24)25-18(3)4)23(20-13-9-6-10-14-20)16-15-19-11-7-5-8-12-19/h5-14,17-18,21H,15-16H2,1-4H3. The Labute approximate surface area is 151 Å². The molecule has 0 aliphatic carbocycles. The molecular weight excluding hydrogens is 310 g/mol. The number of carbonyl (C=O) groups excluding carboxylic acids is 1. The van der Waals surface area contributed by atoms with Crippen molar-refractivity contribution < 1.29 is 9.53 Å². The average Bonchev–Trinajstić information content (AvgIpc) is 2.59. The summed E-state index contributed by atoms with van der Waals surface area (Å²) in [5, 5.41) is 0. The minimum absolute atomic E-state index is 0.111. The fourth-order valence-corrected chi connectivity index (χ4v) is 3.00. The van der Waals surface area contributed by atoms with Crippen molar-refractivity contribution in [2.45, 2.75) is 46.3 Å². The number of rotatable bonds is 8. The SMILES string of the molecule is CC(C)OC(=O)C(C(C)C)N(CCc1ccccc1)c1ccccc1. The van der Waals surface area contributed by atoms with Crippen LogP contribution in [0.2, 0.25) is 0 Å². The lowest BCUT2D eigenvalue weighted by atomic mass is 10.0. The van der Waals surface area contributed by atoms with E-state index in [0.717, 1.165) is 18.7 Å². The van der Waals surface area contributed by atoms with Crippen molar-refractivity contribution in [3.05, 3.63) is 66.2 Å². The number of benzene rings is 2. The Balaban J connectivity index is 2.26. The van der Waals surface area contributed by atoms with Crippen LogP contribution in [-0.2, 0) is 16.0 Å². The van der Waals surface area contributed by atoms with E-state index in [2.05, 4.69) is 55.1 Å². The van der Waals surface area contributed by atoms with E-state index in [1.54, 1.807) is 0 Å². The number of hydrogen-bond acceptors (Lipinski definition) is 3. The first-order chi connectivity index (χ1) is 12.0. The lowest BCUT2D eigenvalue weighted by molar-refractivity contribution is -0.150. The van der Waals surface area contributed by atoms with Gasteiger partial charge in [0.2, 0.25) is 0 Å². The van der Waals surface area contributed by atoms with E-state index in [0.29, 0.717) is 0 Å². The van der Waals surface area contributed by atoms with Gasteiger partial charge in [0, 0.05) is 12.2 Å². The Morgan fingerprint density at radius 3 is 2.00 bits per heavy atom. The van der Waals surface area contributed by atoms with Crippen LogP contribution in [0.1, 0.15) is 33.3 Å². The van der Waals surface area contributed by atoms with Gasteiger partial charge in [-0.3, -0.25) is 0 Å². The predicted molar refractivity (Wildman–Crippen MR) is 104 cm³/mol. The van der Waals surface area contributed by atoms with Crippen molar-refractivity contribution in [1.29, 1.82) is 0 Å². The maximum absolute atomic E-state index is 12.8. The van der Waals surface area contributed by atoms with E-state index in [4.69, 9.17) is 4.74 Å². The summed E-state index contributed by atoms with van der Waals surface area (Å²) in [5.74, 6) is 0.00384. The van der Waals surface area contributed by atoms with Crippen molar-refractivity contribution in [2.75, 3.05) is 11.4 Å². The van der Waals surface area contributed by atoms with Crippen molar-refractivity contribution in [3.63, 3.8) is 0 Å². The third kappa shape index (κ3) is 5.63. The van der Waals surface area contributed by atoms with Crippen LogP contribution in [0.15, 0.2) is 60.7 Å². The van der Waals surface area contributed by atoms with E-state index >= 15 is 0 Å². The highest BCUT2D eigenvalue weighted by atomic mass is 16.5. The zero-order valence-corrected chi connectivity index (χ0v) is 15.7. The summed E-state index contributed by atoms with van der Waals surface area (Å²) in [6, 6.07) is 20.2. The number of ether oxygens (including phenoxy) is 1. The molecule has 2 rings (SSSR count). The summed E-state index contributed by atoms with van der Waals surface area (Å²) in [6.45, 7) is 8.71. The summed E-state index contributed by atoms with van der Waals surface area (Å²) < 4.78 is 5.55. The maximum atomic E-state index is 12.8. The van der Waals surface area contributed by atoms with E-state index in [-0.39, 0.29) is 24.0 Å². The Kier molecular flexibility index (Phi) is 7.05. The molecule has 1 atom stereocenters. The summed E-state index contributed by atoms with van der Waals surface area (Å²) in [6.07, 6.45) is 0.772. The van der Waals surface area contributed by atoms with Crippen LogP contribution in [-0.4, -0.2) is 24.7 Å². The van der Waals surface area contributed by atoms with Gasteiger partial charge in [-0.1, -0.05) is 62.4 Å². The van der Waals surface area contributed by atoms with Gasteiger partial charge in [0.05, 0.1) is 6.10 Å². The molecule has 2 aromatic carbocycles. The third-order valence-electron chi connectivity index (χ3n) is 4.13. The topological polar surface area (TPSA) is 29.5 Å². The Hall–Kier alpha value is -2.29. The normalized spacial score (nSPS) is 12.2. The van der Waals surface area contributed by atoms with Gasteiger partial charge in [-0.05, 0) is 43.9 Å². The van der Waals surface area contributed by atoms with Gasteiger partial charge in [0.1, 0.15) is 6.04 Å². The highest BCUT2D eigenvalue weighted by Crippen LogP contribution is 2.23.